The third-order valence-corrected chi connectivity index (χ3v) is 3.65. The van der Waals surface area contributed by atoms with E-state index in [2.05, 4.69) is 0 Å². The number of hydrogen-bond acceptors (Lipinski definition) is 1. The predicted molar refractivity (Wildman–Crippen MR) is 79.1 cm³/mol. The highest BCUT2D eigenvalue weighted by molar-refractivity contribution is 6.09. The molecule has 108 valence electrons. The van der Waals surface area contributed by atoms with Gasteiger partial charge in [-0.3, -0.25) is 0 Å². The highest BCUT2D eigenvalue weighted by Gasteiger charge is 2.31. The van der Waals surface area contributed by atoms with Gasteiger partial charge in [0.05, 0.1) is 6.42 Å². The van der Waals surface area contributed by atoms with E-state index in [1.165, 1.54) is 0 Å². The summed E-state index contributed by atoms with van der Waals surface area (Å²) < 4.78 is 37.9. The Hall–Kier alpha value is -2.07. The van der Waals surface area contributed by atoms with Gasteiger partial charge in [-0.2, -0.15) is 13.2 Å². The quantitative estimate of drug-likeness (QED) is 0.664. The number of fused-ring (bicyclic) bond motifs is 3. The fraction of sp³-hybridized carbons (Fsp3) is 0.176. The summed E-state index contributed by atoms with van der Waals surface area (Å²) in [7, 11) is 0. The number of halogens is 3. The van der Waals surface area contributed by atoms with Gasteiger partial charge in [-0.05, 0) is 33.2 Å². The lowest BCUT2D eigenvalue weighted by Gasteiger charge is -2.18. The summed E-state index contributed by atoms with van der Waals surface area (Å²) in [6.45, 7) is 0. The second-order valence-electron chi connectivity index (χ2n) is 5.16. The summed E-state index contributed by atoms with van der Waals surface area (Å²) in [6, 6.07) is 15.8. The van der Waals surface area contributed by atoms with Crippen molar-refractivity contribution >= 4 is 21.5 Å². The largest absolute Gasteiger partial charge is 0.390 e. The van der Waals surface area contributed by atoms with E-state index in [0.29, 0.717) is 5.56 Å². The molecule has 4 heteroatoms. The lowest BCUT2D eigenvalue weighted by Crippen LogP contribution is -2.20. The molecule has 0 heterocycles. The summed E-state index contributed by atoms with van der Waals surface area (Å²) in [5.41, 5.74) is 6.36. The number of nitrogens with two attached hydrogens (primary N) is 1. The third-order valence-electron chi connectivity index (χ3n) is 3.65. The highest BCUT2D eigenvalue weighted by atomic mass is 19.4. The summed E-state index contributed by atoms with van der Waals surface area (Å²) >= 11 is 0. The predicted octanol–water partition coefficient (Wildman–Crippen LogP) is 4.95. The Morgan fingerprint density at radius 2 is 1.43 bits per heavy atom. The first kappa shape index (κ1) is 13.9. The smallest absolute Gasteiger partial charge is 0.324 e. The monoisotopic (exact) mass is 289 g/mol. The van der Waals surface area contributed by atoms with Crippen molar-refractivity contribution in [2.24, 2.45) is 5.73 Å². The van der Waals surface area contributed by atoms with Crippen molar-refractivity contribution in [1.29, 1.82) is 0 Å². The number of hydrogen-bond donors (Lipinski definition) is 1. The van der Waals surface area contributed by atoms with Crippen LogP contribution < -0.4 is 5.73 Å². The van der Waals surface area contributed by atoms with Gasteiger partial charge in [0.1, 0.15) is 0 Å². The zero-order valence-corrected chi connectivity index (χ0v) is 11.2. The average Bonchev–Trinajstić information content (AvgIpc) is 2.44. The van der Waals surface area contributed by atoms with E-state index in [1.54, 1.807) is 6.07 Å². The fourth-order valence-electron chi connectivity index (χ4n) is 2.75. The van der Waals surface area contributed by atoms with Gasteiger partial charge in [-0.1, -0.05) is 48.5 Å². The molecule has 3 aromatic rings. The van der Waals surface area contributed by atoms with Crippen LogP contribution >= 0.6 is 0 Å². The average molecular weight is 289 g/mol. The van der Waals surface area contributed by atoms with Crippen molar-refractivity contribution < 1.29 is 13.2 Å². The fourth-order valence-corrected chi connectivity index (χ4v) is 2.75. The van der Waals surface area contributed by atoms with E-state index in [0.717, 1.165) is 21.5 Å². The van der Waals surface area contributed by atoms with Crippen LogP contribution in [0.3, 0.4) is 0 Å². The van der Waals surface area contributed by atoms with Gasteiger partial charge >= 0.3 is 6.18 Å². The lowest BCUT2D eigenvalue weighted by atomic mass is 9.92. The number of alkyl halides is 3. The van der Waals surface area contributed by atoms with Crippen LogP contribution in [0.5, 0.6) is 0 Å². The number of benzene rings is 3. The van der Waals surface area contributed by atoms with Crippen LogP contribution in [-0.4, -0.2) is 6.18 Å². The van der Waals surface area contributed by atoms with E-state index in [-0.39, 0.29) is 0 Å². The third kappa shape index (κ3) is 2.72. The Balaban J connectivity index is 2.25. The minimum absolute atomic E-state index is 0.543. The van der Waals surface area contributed by atoms with Crippen molar-refractivity contribution in [2.75, 3.05) is 0 Å². The first-order chi connectivity index (χ1) is 9.96. The molecule has 0 aliphatic carbocycles. The van der Waals surface area contributed by atoms with Crippen molar-refractivity contribution in [2.45, 2.75) is 18.6 Å². The maximum atomic E-state index is 12.6. The van der Waals surface area contributed by atoms with Gasteiger partial charge in [-0.15, -0.1) is 0 Å². The van der Waals surface area contributed by atoms with Gasteiger partial charge in [-0.25, -0.2) is 0 Å². The molecule has 0 aliphatic heterocycles. The standard InChI is InChI=1S/C17H14F3N/c18-17(19,20)10-16(21)15-9-11-5-1-2-6-12(11)13-7-3-4-8-14(13)15/h1-9,16H,10,21H2/t16-/m0/s1. The molecule has 1 nitrogen and oxygen atoms in total. The molecular weight excluding hydrogens is 275 g/mol. The van der Waals surface area contributed by atoms with E-state index < -0.39 is 18.6 Å². The summed E-state index contributed by atoms with van der Waals surface area (Å²) in [6.07, 6.45) is -5.29. The first-order valence-electron chi connectivity index (χ1n) is 6.68. The second kappa shape index (κ2) is 5.04. The molecule has 2 N–H and O–H groups in total. The first-order valence-corrected chi connectivity index (χ1v) is 6.68. The van der Waals surface area contributed by atoms with E-state index in [1.807, 2.05) is 48.5 Å². The van der Waals surface area contributed by atoms with Crippen LogP contribution in [-0.2, 0) is 0 Å². The molecule has 3 aromatic carbocycles. The maximum absolute atomic E-state index is 12.6. The molecule has 21 heavy (non-hydrogen) atoms. The van der Waals surface area contributed by atoms with Crippen molar-refractivity contribution in [1.82, 2.24) is 0 Å². The van der Waals surface area contributed by atoms with Gasteiger partial charge in [0.25, 0.3) is 0 Å². The molecule has 0 aromatic heterocycles. The molecular formula is C17H14F3N. The van der Waals surface area contributed by atoms with Crippen molar-refractivity contribution in [3.8, 4) is 0 Å². The Morgan fingerprint density at radius 1 is 0.857 bits per heavy atom. The maximum Gasteiger partial charge on any atom is 0.390 e. The minimum atomic E-state index is -4.27. The van der Waals surface area contributed by atoms with E-state index in [4.69, 9.17) is 5.73 Å². The van der Waals surface area contributed by atoms with Crippen molar-refractivity contribution in [3.05, 3.63) is 60.2 Å². The Morgan fingerprint density at radius 3 is 2.10 bits per heavy atom. The highest BCUT2D eigenvalue weighted by Crippen LogP contribution is 2.35. The Bertz CT molecular complexity index is 793. The van der Waals surface area contributed by atoms with E-state index >= 15 is 0 Å². The molecule has 0 saturated carbocycles. The van der Waals surface area contributed by atoms with Crippen LogP contribution in [0.2, 0.25) is 0 Å². The van der Waals surface area contributed by atoms with Crippen molar-refractivity contribution in [3.63, 3.8) is 0 Å². The lowest BCUT2D eigenvalue weighted by molar-refractivity contribution is -0.138. The van der Waals surface area contributed by atoms with E-state index in [9.17, 15) is 13.2 Å². The molecule has 1 atom stereocenters. The van der Waals surface area contributed by atoms with Gasteiger partial charge < -0.3 is 5.73 Å². The second-order valence-corrected chi connectivity index (χ2v) is 5.16. The molecule has 0 radical (unpaired) electrons. The summed E-state index contributed by atoms with van der Waals surface area (Å²) in [5, 5.41) is 3.65. The van der Waals surface area contributed by atoms with Crippen LogP contribution in [0.15, 0.2) is 54.6 Å². The molecule has 0 fully saturated rings. The van der Waals surface area contributed by atoms with Crippen LogP contribution in [0.25, 0.3) is 21.5 Å². The molecule has 0 unspecified atom stereocenters. The summed E-state index contributed by atoms with van der Waals surface area (Å²) in [5.74, 6) is 0. The molecule has 0 spiro atoms. The molecule has 3 rings (SSSR count). The van der Waals surface area contributed by atoms with Gasteiger partial charge in [0.2, 0.25) is 0 Å². The summed E-state index contributed by atoms with van der Waals surface area (Å²) in [4.78, 5) is 0. The molecule has 0 aliphatic rings. The van der Waals surface area contributed by atoms with Gasteiger partial charge in [0, 0.05) is 6.04 Å². The normalized spacial score (nSPS) is 13.7. The Kier molecular flexibility index (Phi) is 3.33. The Labute approximate surface area is 120 Å². The zero-order valence-electron chi connectivity index (χ0n) is 11.2. The SMILES string of the molecule is N[C@@H](CC(F)(F)F)c1cc2ccccc2c2ccccc12. The van der Waals surface area contributed by atoms with Gasteiger partial charge in [0.15, 0.2) is 0 Å². The molecule has 0 amide bonds. The molecule has 0 bridgehead atoms. The van der Waals surface area contributed by atoms with Crippen LogP contribution in [0.4, 0.5) is 13.2 Å². The topological polar surface area (TPSA) is 26.0 Å². The number of rotatable bonds is 2. The molecule has 0 saturated heterocycles. The van der Waals surface area contributed by atoms with Crippen LogP contribution in [0, 0.1) is 0 Å². The zero-order chi connectivity index (χ0) is 15.0. The van der Waals surface area contributed by atoms with Crippen LogP contribution in [0.1, 0.15) is 18.0 Å². The minimum Gasteiger partial charge on any atom is -0.324 e.